The normalized spacial score (nSPS) is 27.3. The molecule has 0 unspecified atom stereocenters. The minimum absolute atomic E-state index is 0.149. The molecule has 2 aliphatic rings. The van der Waals surface area contributed by atoms with Crippen LogP contribution >= 0.6 is 0 Å². The topological polar surface area (TPSA) is 86.7 Å². The number of aliphatic hydroxyl groups is 1. The van der Waals surface area contributed by atoms with Crippen molar-refractivity contribution >= 4 is 17.7 Å². The van der Waals surface area contributed by atoms with Crippen LogP contribution in [0.25, 0.3) is 0 Å². The number of amides is 3. The molecule has 6 heteroatoms. The van der Waals surface area contributed by atoms with E-state index < -0.39 is 0 Å². The average molecular weight is 254 g/mol. The van der Waals surface area contributed by atoms with E-state index in [0.717, 1.165) is 17.7 Å². The molecule has 0 radical (unpaired) electrons. The van der Waals surface area contributed by atoms with Crippen molar-refractivity contribution in [3.63, 3.8) is 0 Å². The van der Waals surface area contributed by atoms with Gasteiger partial charge < -0.3 is 10.4 Å². The van der Waals surface area contributed by atoms with Gasteiger partial charge >= 0.3 is 0 Å². The zero-order valence-electron chi connectivity index (χ0n) is 10.2. The zero-order chi connectivity index (χ0) is 13.1. The fraction of sp³-hybridized carbons (Fsp3) is 0.750. The van der Waals surface area contributed by atoms with E-state index in [1.54, 1.807) is 0 Å². The van der Waals surface area contributed by atoms with Crippen LogP contribution in [0.3, 0.4) is 0 Å². The van der Waals surface area contributed by atoms with Crippen molar-refractivity contribution in [1.29, 1.82) is 0 Å². The van der Waals surface area contributed by atoms with E-state index >= 15 is 0 Å². The van der Waals surface area contributed by atoms with Crippen molar-refractivity contribution in [2.24, 2.45) is 5.92 Å². The van der Waals surface area contributed by atoms with Gasteiger partial charge in [0.15, 0.2) is 0 Å². The monoisotopic (exact) mass is 254 g/mol. The molecule has 1 saturated carbocycles. The minimum atomic E-state index is -0.216. The summed E-state index contributed by atoms with van der Waals surface area (Å²) in [7, 11) is 0. The number of carbonyl (C=O) groups excluding carboxylic acids is 3. The van der Waals surface area contributed by atoms with Crippen LogP contribution in [0.15, 0.2) is 0 Å². The third-order valence-electron chi connectivity index (χ3n) is 3.52. The lowest BCUT2D eigenvalue weighted by Gasteiger charge is -2.31. The summed E-state index contributed by atoms with van der Waals surface area (Å²) in [6.07, 6.45) is 1.95. The maximum Gasteiger partial charge on any atom is 0.229 e. The molecule has 1 saturated heterocycles. The molecule has 1 heterocycles. The van der Waals surface area contributed by atoms with Crippen molar-refractivity contribution in [1.82, 2.24) is 10.2 Å². The van der Waals surface area contributed by atoms with Crippen molar-refractivity contribution in [3.05, 3.63) is 0 Å². The van der Waals surface area contributed by atoms with Crippen LogP contribution < -0.4 is 5.32 Å². The quantitative estimate of drug-likeness (QED) is 0.642. The number of hydrogen-bond donors (Lipinski definition) is 2. The maximum atomic E-state index is 11.5. The molecule has 18 heavy (non-hydrogen) atoms. The molecular formula is C12H18N2O4. The highest BCUT2D eigenvalue weighted by Crippen LogP contribution is 2.26. The number of rotatable bonds is 5. The second-order valence-electron chi connectivity index (χ2n) is 4.98. The first-order valence-electron chi connectivity index (χ1n) is 6.34. The molecule has 2 fully saturated rings. The van der Waals surface area contributed by atoms with Gasteiger partial charge in [0.25, 0.3) is 0 Å². The molecular weight excluding hydrogens is 236 g/mol. The van der Waals surface area contributed by atoms with Gasteiger partial charge in [0.05, 0.1) is 6.10 Å². The molecule has 2 N–H and O–H groups in total. The SMILES string of the molecule is O=C(CCN1C(=O)CCC1=O)NCC1CC(O)C1. The van der Waals surface area contributed by atoms with Crippen molar-refractivity contribution in [3.8, 4) is 0 Å². The third-order valence-corrected chi connectivity index (χ3v) is 3.52. The summed E-state index contributed by atoms with van der Waals surface area (Å²) < 4.78 is 0. The number of imide groups is 1. The van der Waals surface area contributed by atoms with Gasteiger partial charge in [0.2, 0.25) is 17.7 Å². The lowest BCUT2D eigenvalue weighted by Crippen LogP contribution is -2.40. The van der Waals surface area contributed by atoms with Crippen LogP contribution in [0.1, 0.15) is 32.1 Å². The lowest BCUT2D eigenvalue weighted by atomic mass is 9.82. The van der Waals surface area contributed by atoms with Crippen LogP contribution in [-0.2, 0) is 14.4 Å². The van der Waals surface area contributed by atoms with Crippen molar-refractivity contribution in [2.45, 2.75) is 38.2 Å². The fourth-order valence-corrected chi connectivity index (χ4v) is 2.30. The lowest BCUT2D eigenvalue weighted by molar-refractivity contribution is -0.138. The van der Waals surface area contributed by atoms with Gasteiger partial charge in [0, 0.05) is 32.4 Å². The van der Waals surface area contributed by atoms with E-state index in [9.17, 15) is 14.4 Å². The summed E-state index contributed by atoms with van der Waals surface area (Å²) in [5, 5.41) is 11.9. The van der Waals surface area contributed by atoms with Gasteiger partial charge in [-0.25, -0.2) is 0 Å². The van der Waals surface area contributed by atoms with E-state index in [-0.39, 0.29) is 49.6 Å². The summed E-state index contributed by atoms with van der Waals surface area (Å²) in [5.41, 5.74) is 0. The van der Waals surface area contributed by atoms with E-state index in [0.29, 0.717) is 12.5 Å². The van der Waals surface area contributed by atoms with E-state index in [1.165, 1.54) is 0 Å². The van der Waals surface area contributed by atoms with Crippen molar-refractivity contribution in [2.75, 3.05) is 13.1 Å². The molecule has 1 aliphatic carbocycles. The van der Waals surface area contributed by atoms with Crippen LogP contribution in [-0.4, -0.2) is 46.9 Å². The van der Waals surface area contributed by atoms with Gasteiger partial charge in [-0.1, -0.05) is 0 Å². The second kappa shape index (κ2) is 5.48. The number of nitrogens with one attached hydrogen (secondary N) is 1. The Morgan fingerprint density at radius 1 is 1.28 bits per heavy atom. The minimum Gasteiger partial charge on any atom is -0.393 e. The number of aliphatic hydroxyl groups excluding tert-OH is 1. The molecule has 6 nitrogen and oxygen atoms in total. The Morgan fingerprint density at radius 2 is 1.89 bits per heavy atom. The van der Waals surface area contributed by atoms with Gasteiger partial charge in [-0.2, -0.15) is 0 Å². The first-order chi connectivity index (χ1) is 8.56. The Bertz CT molecular complexity index is 347. The summed E-state index contributed by atoms with van der Waals surface area (Å²) in [5.74, 6) is -0.160. The molecule has 2 rings (SSSR count). The predicted octanol–water partition coefficient (Wildman–Crippen LogP) is -0.587. The predicted molar refractivity (Wildman–Crippen MR) is 62.3 cm³/mol. The summed E-state index contributed by atoms with van der Waals surface area (Å²) in [6, 6.07) is 0. The van der Waals surface area contributed by atoms with E-state index in [4.69, 9.17) is 5.11 Å². The number of nitrogens with zero attached hydrogens (tertiary/aromatic N) is 1. The summed E-state index contributed by atoms with van der Waals surface area (Å²) in [4.78, 5) is 35.3. The first-order valence-corrected chi connectivity index (χ1v) is 6.34. The molecule has 0 aromatic carbocycles. The number of hydrogen-bond acceptors (Lipinski definition) is 4. The highest BCUT2D eigenvalue weighted by molar-refractivity contribution is 6.02. The molecule has 1 aliphatic heterocycles. The van der Waals surface area contributed by atoms with Crippen LogP contribution in [0, 0.1) is 5.92 Å². The second-order valence-corrected chi connectivity index (χ2v) is 4.98. The van der Waals surface area contributed by atoms with Gasteiger partial charge in [-0.05, 0) is 18.8 Å². The number of carbonyl (C=O) groups is 3. The maximum absolute atomic E-state index is 11.5. The summed E-state index contributed by atoms with van der Waals surface area (Å²) >= 11 is 0. The molecule has 0 spiro atoms. The molecule has 0 atom stereocenters. The Balaban J connectivity index is 1.62. The standard InChI is InChI=1S/C12H18N2O4/c15-9-5-8(6-9)7-13-10(16)3-4-14-11(17)1-2-12(14)18/h8-9,15H,1-7H2,(H,13,16). The van der Waals surface area contributed by atoms with E-state index in [2.05, 4.69) is 5.32 Å². The Kier molecular flexibility index (Phi) is 3.96. The molecule has 0 aromatic heterocycles. The Morgan fingerprint density at radius 3 is 2.44 bits per heavy atom. The van der Waals surface area contributed by atoms with Crippen LogP contribution in [0.2, 0.25) is 0 Å². The molecule has 100 valence electrons. The highest BCUT2D eigenvalue weighted by atomic mass is 16.3. The Hall–Kier alpha value is -1.43. The highest BCUT2D eigenvalue weighted by Gasteiger charge is 2.29. The van der Waals surface area contributed by atoms with Crippen LogP contribution in [0.5, 0.6) is 0 Å². The Labute approximate surface area is 105 Å². The fourth-order valence-electron chi connectivity index (χ4n) is 2.30. The third kappa shape index (κ3) is 3.07. The largest absolute Gasteiger partial charge is 0.393 e. The summed E-state index contributed by atoms with van der Waals surface area (Å²) in [6.45, 7) is 0.745. The number of likely N-dealkylation sites (tertiary alicyclic amines) is 1. The smallest absolute Gasteiger partial charge is 0.229 e. The zero-order valence-corrected chi connectivity index (χ0v) is 10.2. The molecule has 0 aromatic rings. The first kappa shape index (κ1) is 13.0. The van der Waals surface area contributed by atoms with Gasteiger partial charge in [0.1, 0.15) is 0 Å². The van der Waals surface area contributed by atoms with Gasteiger partial charge in [-0.15, -0.1) is 0 Å². The van der Waals surface area contributed by atoms with Crippen LogP contribution in [0.4, 0.5) is 0 Å². The average Bonchev–Trinajstić information content (AvgIpc) is 2.60. The van der Waals surface area contributed by atoms with E-state index in [1.807, 2.05) is 0 Å². The van der Waals surface area contributed by atoms with Crippen molar-refractivity contribution < 1.29 is 19.5 Å². The molecule has 0 bridgehead atoms. The van der Waals surface area contributed by atoms with Gasteiger partial charge in [-0.3, -0.25) is 19.3 Å². The molecule has 3 amide bonds.